The molecule has 0 spiro atoms. The van der Waals surface area contributed by atoms with Gasteiger partial charge in [0.25, 0.3) is 11.8 Å². The molecule has 1 aliphatic heterocycles. The van der Waals surface area contributed by atoms with E-state index in [2.05, 4.69) is 36.5 Å². The van der Waals surface area contributed by atoms with Gasteiger partial charge in [-0.3, -0.25) is 9.59 Å². The first-order valence-corrected chi connectivity index (χ1v) is 14.9. The van der Waals surface area contributed by atoms with Crippen LogP contribution in [0.3, 0.4) is 0 Å². The summed E-state index contributed by atoms with van der Waals surface area (Å²) < 4.78 is 16.3. The van der Waals surface area contributed by atoms with E-state index in [-0.39, 0.29) is 17.7 Å². The zero-order valence-electron chi connectivity index (χ0n) is 24.3. The number of methoxy groups -OCH3 is 3. The fraction of sp³-hybridized carbons (Fsp3) is 0.303. The lowest BCUT2D eigenvalue weighted by Gasteiger charge is -2.31. The lowest BCUT2D eigenvalue weighted by molar-refractivity contribution is 0.0708. The molecule has 1 aliphatic rings. The van der Waals surface area contributed by atoms with Crippen LogP contribution >= 0.6 is 11.3 Å². The number of para-hydroxylation sites is 1. The number of piperidine rings is 1. The minimum absolute atomic E-state index is 0.117. The van der Waals surface area contributed by atoms with Crippen molar-refractivity contribution in [2.75, 3.05) is 39.7 Å². The van der Waals surface area contributed by atoms with E-state index in [1.165, 1.54) is 31.1 Å². The predicted molar refractivity (Wildman–Crippen MR) is 165 cm³/mol. The maximum absolute atomic E-state index is 13.4. The number of ether oxygens (including phenoxy) is 3. The third-order valence-corrected chi connectivity index (χ3v) is 8.68. The minimum Gasteiger partial charge on any atom is -0.493 e. The number of nitrogens with one attached hydrogen (secondary N) is 1. The molecule has 1 aromatic heterocycles. The first-order chi connectivity index (χ1) is 20.5. The Bertz CT molecular complexity index is 1560. The molecule has 218 valence electrons. The zero-order valence-corrected chi connectivity index (χ0v) is 25.1. The number of hydrogen-bond donors (Lipinski definition) is 1. The molecule has 2 amide bonds. The molecular weight excluding hydrogens is 550 g/mol. The number of benzene rings is 3. The minimum atomic E-state index is -0.233. The second kappa shape index (κ2) is 13.1. The molecule has 1 fully saturated rings. The number of rotatable bonds is 9. The standard InChI is InChI=1S/C33H35N3O5S/c1-5-21-10-12-22(13-11-21)24-8-6-7-9-26(24)34-31(37)27-20-42-32(35-27)23-16-18-36(19-17-23)33(38)25-14-15-28(39-2)30(41-4)29(25)40-3/h6-15,20,23H,5,16-19H2,1-4H3,(H,34,37). The Balaban J connectivity index is 1.24. The molecule has 1 N–H and O–H groups in total. The van der Waals surface area contributed by atoms with Crippen molar-refractivity contribution in [2.24, 2.45) is 0 Å². The van der Waals surface area contributed by atoms with E-state index < -0.39 is 0 Å². The lowest BCUT2D eigenvalue weighted by Crippen LogP contribution is -2.38. The molecule has 5 rings (SSSR count). The molecule has 0 unspecified atom stereocenters. The van der Waals surface area contributed by atoms with Crippen LogP contribution in [-0.2, 0) is 6.42 Å². The van der Waals surface area contributed by atoms with Gasteiger partial charge in [0.05, 0.1) is 31.9 Å². The van der Waals surface area contributed by atoms with Crippen molar-refractivity contribution in [2.45, 2.75) is 32.1 Å². The van der Waals surface area contributed by atoms with Crippen LogP contribution in [0.5, 0.6) is 17.2 Å². The summed E-state index contributed by atoms with van der Waals surface area (Å²) in [4.78, 5) is 33.1. The normalized spacial score (nSPS) is 13.5. The molecule has 0 bridgehead atoms. The van der Waals surface area contributed by atoms with Crippen LogP contribution in [-0.4, -0.2) is 56.1 Å². The second-order valence-electron chi connectivity index (χ2n) is 10.1. The van der Waals surface area contributed by atoms with Crippen molar-refractivity contribution in [1.29, 1.82) is 0 Å². The number of likely N-dealkylation sites (tertiary alicyclic amines) is 1. The Kier molecular flexibility index (Phi) is 9.07. The van der Waals surface area contributed by atoms with Crippen LogP contribution in [0.15, 0.2) is 66.0 Å². The van der Waals surface area contributed by atoms with Crippen LogP contribution in [0.2, 0.25) is 0 Å². The summed E-state index contributed by atoms with van der Waals surface area (Å²) >= 11 is 1.49. The second-order valence-corrected chi connectivity index (χ2v) is 11.0. The van der Waals surface area contributed by atoms with Crippen molar-refractivity contribution < 1.29 is 23.8 Å². The molecule has 0 saturated carbocycles. The number of hydrogen-bond acceptors (Lipinski definition) is 7. The molecule has 0 radical (unpaired) electrons. The van der Waals surface area contributed by atoms with Gasteiger partial charge in [0.15, 0.2) is 11.5 Å². The first-order valence-electron chi connectivity index (χ1n) is 14.0. The number of thiazole rings is 1. The summed E-state index contributed by atoms with van der Waals surface area (Å²) in [5, 5.41) is 5.79. The van der Waals surface area contributed by atoms with Gasteiger partial charge in [-0.25, -0.2) is 4.98 Å². The number of aromatic nitrogens is 1. The van der Waals surface area contributed by atoms with Crippen LogP contribution < -0.4 is 19.5 Å². The Morgan fingerprint density at radius 1 is 0.929 bits per heavy atom. The van der Waals surface area contributed by atoms with Crippen molar-refractivity contribution in [1.82, 2.24) is 9.88 Å². The van der Waals surface area contributed by atoms with E-state index >= 15 is 0 Å². The fourth-order valence-electron chi connectivity index (χ4n) is 5.30. The summed E-state index contributed by atoms with van der Waals surface area (Å²) in [6.07, 6.45) is 2.49. The molecule has 8 nitrogen and oxygen atoms in total. The van der Waals surface area contributed by atoms with Gasteiger partial charge in [-0.1, -0.05) is 49.4 Å². The maximum Gasteiger partial charge on any atom is 0.275 e. The maximum atomic E-state index is 13.4. The molecule has 2 heterocycles. The average Bonchev–Trinajstić information content (AvgIpc) is 3.55. The van der Waals surface area contributed by atoms with Gasteiger partial charge in [-0.2, -0.15) is 0 Å². The van der Waals surface area contributed by atoms with Crippen LogP contribution in [0, 0.1) is 0 Å². The van der Waals surface area contributed by atoms with Gasteiger partial charge < -0.3 is 24.4 Å². The Morgan fingerprint density at radius 3 is 2.31 bits per heavy atom. The highest BCUT2D eigenvalue weighted by Crippen LogP contribution is 2.41. The number of anilines is 1. The van der Waals surface area contributed by atoms with E-state index in [9.17, 15) is 9.59 Å². The topological polar surface area (TPSA) is 90.0 Å². The van der Waals surface area contributed by atoms with Crippen LogP contribution in [0.1, 0.15) is 57.1 Å². The molecule has 4 aromatic rings. The molecule has 0 atom stereocenters. The number of nitrogens with zero attached hydrogens (tertiary/aromatic N) is 2. The van der Waals surface area contributed by atoms with E-state index in [4.69, 9.17) is 19.2 Å². The smallest absolute Gasteiger partial charge is 0.275 e. The summed E-state index contributed by atoms with van der Waals surface area (Å²) in [6.45, 7) is 3.28. The molecule has 42 heavy (non-hydrogen) atoms. The third kappa shape index (κ3) is 5.97. The fourth-order valence-corrected chi connectivity index (χ4v) is 6.27. The number of carbonyl (C=O) groups is 2. The van der Waals surface area contributed by atoms with Crippen LogP contribution in [0.25, 0.3) is 11.1 Å². The summed E-state index contributed by atoms with van der Waals surface area (Å²) in [7, 11) is 4.58. The largest absolute Gasteiger partial charge is 0.493 e. The predicted octanol–water partition coefficient (Wildman–Crippen LogP) is 6.67. The van der Waals surface area contributed by atoms with Gasteiger partial charge in [0.1, 0.15) is 5.69 Å². The number of carbonyl (C=O) groups excluding carboxylic acids is 2. The highest BCUT2D eigenvalue weighted by atomic mass is 32.1. The van der Waals surface area contributed by atoms with Crippen molar-refractivity contribution in [3.05, 3.63) is 87.9 Å². The molecule has 0 aliphatic carbocycles. The van der Waals surface area contributed by atoms with Crippen molar-refractivity contribution >= 4 is 28.8 Å². The summed E-state index contributed by atoms with van der Waals surface area (Å²) in [6, 6.07) is 19.6. The summed E-state index contributed by atoms with van der Waals surface area (Å²) in [5.41, 5.74) is 4.87. The molecule has 9 heteroatoms. The van der Waals surface area contributed by atoms with E-state index in [1.807, 2.05) is 34.5 Å². The van der Waals surface area contributed by atoms with E-state index in [0.717, 1.165) is 41.1 Å². The van der Waals surface area contributed by atoms with Crippen LogP contribution in [0.4, 0.5) is 5.69 Å². The van der Waals surface area contributed by atoms with Crippen molar-refractivity contribution in [3.63, 3.8) is 0 Å². The highest BCUT2D eigenvalue weighted by Gasteiger charge is 2.30. The number of amides is 2. The Labute approximate surface area is 250 Å². The van der Waals surface area contributed by atoms with Gasteiger partial charge >= 0.3 is 0 Å². The molecule has 3 aromatic carbocycles. The van der Waals surface area contributed by atoms with Crippen molar-refractivity contribution in [3.8, 4) is 28.4 Å². The monoisotopic (exact) mass is 585 g/mol. The van der Waals surface area contributed by atoms with E-state index in [0.29, 0.717) is 41.6 Å². The Hall–Kier alpha value is -4.37. The van der Waals surface area contributed by atoms with Gasteiger partial charge in [-0.05, 0) is 48.6 Å². The van der Waals surface area contributed by atoms with Gasteiger partial charge in [0, 0.05) is 35.6 Å². The highest BCUT2D eigenvalue weighted by molar-refractivity contribution is 7.10. The SMILES string of the molecule is CCc1ccc(-c2ccccc2NC(=O)c2csc(C3CCN(C(=O)c4ccc(OC)c(OC)c4OC)CC3)n2)cc1. The third-order valence-electron chi connectivity index (χ3n) is 7.67. The quantitative estimate of drug-likeness (QED) is 0.236. The average molecular weight is 586 g/mol. The van der Waals surface area contributed by atoms with Gasteiger partial charge in [-0.15, -0.1) is 11.3 Å². The lowest BCUT2D eigenvalue weighted by atomic mass is 9.96. The zero-order chi connectivity index (χ0) is 29.6. The Morgan fingerprint density at radius 2 is 1.64 bits per heavy atom. The molecular formula is C33H35N3O5S. The summed E-state index contributed by atoms with van der Waals surface area (Å²) in [5.74, 6) is 1.09. The number of aryl methyl sites for hydroxylation is 1. The molecule has 1 saturated heterocycles. The van der Waals surface area contributed by atoms with Gasteiger partial charge in [0.2, 0.25) is 5.75 Å². The first kappa shape index (κ1) is 29.1. The van der Waals surface area contributed by atoms with E-state index in [1.54, 1.807) is 19.2 Å².